The molecule has 52 heavy (non-hydrogen) atoms. The van der Waals surface area contributed by atoms with Crippen molar-refractivity contribution in [1.82, 2.24) is 14.5 Å². The van der Waals surface area contributed by atoms with Gasteiger partial charge in [0.1, 0.15) is 17.3 Å². The average Bonchev–Trinajstić information content (AvgIpc) is 3.78. The van der Waals surface area contributed by atoms with E-state index in [2.05, 4.69) is 150 Å². The van der Waals surface area contributed by atoms with Gasteiger partial charge in [-0.2, -0.15) is 0 Å². The van der Waals surface area contributed by atoms with Crippen LogP contribution < -0.4 is 4.74 Å². The van der Waals surface area contributed by atoms with Gasteiger partial charge in [-0.3, -0.25) is 9.55 Å². The maximum atomic E-state index is 6.71. The number of hydrogen-bond acceptors (Lipinski definition) is 5. The molecule has 0 aliphatic rings. The Morgan fingerprint density at radius 2 is 1.40 bits per heavy atom. The fraction of sp³-hybridized carbons (Fsp3) is 0.217. The van der Waals surface area contributed by atoms with Crippen molar-refractivity contribution in [3.8, 4) is 27.9 Å². The lowest BCUT2D eigenvalue weighted by molar-refractivity contribution is 0.411. The molecule has 5 heterocycles. The van der Waals surface area contributed by atoms with Crippen LogP contribution in [0.2, 0.25) is 0 Å². The van der Waals surface area contributed by atoms with Gasteiger partial charge in [-0.05, 0) is 82.5 Å². The normalized spacial score (nSPS) is 12.6. The molecule has 0 amide bonds. The zero-order valence-electron chi connectivity index (χ0n) is 30.7. The summed E-state index contributed by atoms with van der Waals surface area (Å²) in [6.45, 7) is 15.8. The average molecular weight is 716 g/mol. The van der Waals surface area contributed by atoms with Crippen molar-refractivity contribution in [1.29, 1.82) is 0 Å². The minimum atomic E-state index is 0.0116. The van der Waals surface area contributed by atoms with Crippen LogP contribution in [0.4, 0.5) is 0 Å². The van der Waals surface area contributed by atoms with Crippen molar-refractivity contribution in [2.75, 3.05) is 0 Å². The number of thiophene rings is 2. The minimum Gasteiger partial charge on any atom is -0.456 e. The summed E-state index contributed by atoms with van der Waals surface area (Å²) in [5, 5.41) is 7.51. The van der Waals surface area contributed by atoms with Crippen LogP contribution in [0.1, 0.15) is 57.5 Å². The maximum Gasteiger partial charge on any atom is 0.141 e. The standard InChI is InChI=1S/C46H41N3OS2/c1-27-39(50-31-14-17-34-33-10-8-9-11-37(33)49(38(34)24-31)41-23-30(18-20-47-41)46(5,6)7)25-40(51-27)42-44-36(19-21-48-42)35-16-13-29-22-28(26-45(2,3)4)12-15-32(29)43(35)52-44/h8-25H,26H2,1-7H3. The molecular formula is C46H41N3OS2. The molecule has 9 rings (SSSR count). The molecular weight excluding hydrogens is 675 g/mol. The smallest absolute Gasteiger partial charge is 0.141 e. The van der Waals surface area contributed by atoms with E-state index in [1.807, 2.05) is 23.7 Å². The van der Waals surface area contributed by atoms with Gasteiger partial charge in [0.25, 0.3) is 0 Å². The lowest BCUT2D eigenvalue weighted by Gasteiger charge is -2.20. The SMILES string of the molecule is Cc1sc(-c2nccc3c2sc2c4ccc(CC(C)(C)C)cc4ccc32)cc1Oc1ccc2c3ccccc3n(-c3cc(C(C)(C)C)ccn3)c2c1. The predicted molar refractivity (Wildman–Crippen MR) is 223 cm³/mol. The topological polar surface area (TPSA) is 39.9 Å². The van der Waals surface area contributed by atoms with E-state index >= 15 is 0 Å². The first kappa shape index (κ1) is 32.8. The molecule has 0 saturated carbocycles. The van der Waals surface area contributed by atoms with Crippen LogP contribution in [0.5, 0.6) is 11.5 Å². The summed E-state index contributed by atoms with van der Waals surface area (Å²) in [5.74, 6) is 2.55. The summed E-state index contributed by atoms with van der Waals surface area (Å²) >= 11 is 3.59. The molecule has 0 aliphatic carbocycles. The van der Waals surface area contributed by atoms with Crippen LogP contribution in [0.25, 0.3) is 69.1 Å². The lowest BCUT2D eigenvalue weighted by atomic mass is 9.87. The Bertz CT molecular complexity index is 2840. The fourth-order valence-corrected chi connectivity index (χ4v) is 9.86. The first-order valence-corrected chi connectivity index (χ1v) is 19.6. The first-order chi connectivity index (χ1) is 24.9. The van der Waals surface area contributed by atoms with E-state index in [9.17, 15) is 0 Å². The molecule has 0 bridgehead atoms. The molecule has 6 heteroatoms. The molecule has 9 aromatic rings. The van der Waals surface area contributed by atoms with E-state index in [1.54, 1.807) is 11.3 Å². The van der Waals surface area contributed by atoms with E-state index in [0.717, 1.165) is 50.2 Å². The van der Waals surface area contributed by atoms with Crippen molar-refractivity contribution in [3.63, 3.8) is 0 Å². The molecule has 0 aliphatic heterocycles. The van der Waals surface area contributed by atoms with Crippen LogP contribution in [-0.2, 0) is 11.8 Å². The Balaban J connectivity index is 1.11. The van der Waals surface area contributed by atoms with Crippen LogP contribution in [0.3, 0.4) is 0 Å². The molecule has 0 saturated heterocycles. The highest BCUT2D eigenvalue weighted by Crippen LogP contribution is 2.46. The summed E-state index contributed by atoms with van der Waals surface area (Å²) in [6.07, 6.45) is 4.93. The number of para-hydroxylation sites is 1. The van der Waals surface area contributed by atoms with E-state index in [4.69, 9.17) is 14.7 Å². The third-order valence-electron chi connectivity index (χ3n) is 9.99. The van der Waals surface area contributed by atoms with Gasteiger partial charge in [0, 0.05) is 55.6 Å². The fourth-order valence-electron chi connectivity index (χ4n) is 7.51. The summed E-state index contributed by atoms with van der Waals surface area (Å²) in [5.41, 5.74) is 6.11. The monoisotopic (exact) mass is 715 g/mol. The third kappa shape index (κ3) is 5.65. The van der Waals surface area contributed by atoms with Crippen LogP contribution in [0, 0.1) is 12.3 Å². The molecule has 4 nitrogen and oxygen atoms in total. The molecule has 5 aromatic heterocycles. The van der Waals surface area contributed by atoms with Crippen LogP contribution >= 0.6 is 22.7 Å². The van der Waals surface area contributed by atoms with E-state index in [1.165, 1.54) is 52.8 Å². The van der Waals surface area contributed by atoms with Crippen molar-refractivity contribution in [2.24, 2.45) is 5.41 Å². The zero-order chi connectivity index (χ0) is 35.9. The van der Waals surface area contributed by atoms with Gasteiger partial charge in [0.05, 0.1) is 26.3 Å². The second kappa shape index (κ2) is 12.0. The highest BCUT2D eigenvalue weighted by molar-refractivity contribution is 7.27. The van der Waals surface area contributed by atoms with Crippen LogP contribution in [0.15, 0.2) is 109 Å². The third-order valence-corrected chi connectivity index (χ3v) is 12.3. The molecule has 0 atom stereocenters. The van der Waals surface area contributed by atoms with E-state index in [-0.39, 0.29) is 10.8 Å². The molecule has 0 N–H and O–H groups in total. The molecule has 258 valence electrons. The zero-order valence-corrected chi connectivity index (χ0v) is 32.3. The maximum absolute atomic E-state index is 6.71. The minimum absolute atomic E-state index is 0.0116. The van der Waals surface area contributed by atoms with E-state index < -0.39 is 0 Å². The first-order valence-electron chi connectivity index (χ1n) is 17.9. The van der Waals surface area contributed by atoms with Crippen LogP contribution in [-0.4, -0.2) is 14.5 Å². The summed E-state index contributed by atoms with van der Waals surface area (Å²) in [6, 6.07) is 35.2. The number of ether oxygens (including phenoxy) is 1. The summed E-state index contributed by atoms with van der Waals surface area (Å²) in [4.78, 5) is 12.0. The van der Waals surface area contributed by atoms with Crippen molar-refractivity contribution in [2.45, 2.75) is 60.3 Å². The Morgan fingerprint density at radius 1 is 0.654 bits per heavy atom. The second-order valence-electron chi connectivity index (χ2n) is 16.2. The highest BCUT2D eigenvalue weighted by atomic mass is 32.1. The molecule has 4 aromatic carbocycles. The highest BCUT2D eigenvalue weighted by Gasteiger charge is 2.21. The summed E-state index contributed by atoms with van der Waals surface area (Å²) in [7, 11) is 0. The van der Waals surface area contributed by atoms with Gasteiger partial charge in [0.15, 0.2) is 0 Å². The Kier molecular flexibility index (Phi) is 7.58. The quantitative estimate of drug-likeness (QED) is 0.178. The predicted octanol–water partition coefficient (Wildman–Crippen LogP) is 13.8. The van der Waals surface area contributed by atoms with Gasteiger partial charge in [-0.15, -0.1) is 22.7 Å². The van der Waals surface area contributed by atoms with Crippen molar-refractivity contribution < 1.29 is 4.74 Å². The number of hydrogen-bond donors (Lipinski definition) is 0. The number of aromatic nitrogens is 3. The van der Waals surface area contributed by atoms with Gasteiger partial charge < -0.3 is 4.74 Å². The van der Waals surface area contributed by atoms with Gasteiger partial charge in [0.2, 0.25) is 0 Å². The van der Waals surface area contributed by atoms with E-state index in [0.29, 0.717) is 0 Å². The second-order valence-corrected chi connectivity index (χ2v) is 18.5. The number of nitrogens with zero attached hydrogens (tertiary/aromatic N) is 3. The number of fused-ring (bicyclic) bond motifs is 8. The van der Waals surface area contributed by atoms with Gasteiger partial charge >= 0.3 is 0 Å². The number of benzene rings is 4. The van der Waals surface area contributed by atoms with Crippen molar-refractivity contribution in [3.05, 3.63) is 125 Å². The Labute approximate surface area is 312 Å². The van der Waals surface area contributed by atoms with Gasteiger partial charge in [-0.1, -0.05) is 90.1 Å². The molecule has 0 radical (unpaired) electrons. The number of pyridine rings is 2. The molecule has 0 spiro atoms. The molecule has 0 fully saturated rings. The summed E-state index contributed by atoms with van der Waals surface area (Å²) < 4.78 is 11.5. The van der Waals surface area contributed by atoms with Gasteiger partial charge in [-0.25, -0.2) is 4.98 Å². The largest absolute Gasteiger partial charge is 0.456 e. The molecule has 0 unspecified atom stereocenters. The number of aryl methyl sites for hydroxylation is 1. The Morgan fingerprint density at radius 3 is 2.23 bits per heavy atom. The Hall–Kier alpha value is -5.04. The van der Waals surface area contributed by atoms with Crippen molar-refractivity contribution >= 4 is 75.4 Å². The lowest BCUT2D eigenvalue weighted by Crippen LogP contribution is -2.12. The number of rotatable bonds is 5.